The second-order valence-electron chi connectivity index (χ2n) is 10.7. The van der Waals surface area contributed by atoms with Crippen LogP contribution in [0, 0.1) is 34.6 Å². The number of carbonyl (C=O) groups is 1. The van der Waals surface area contributed by atoms with Gasteiger partial charge < -0.3 is 24.8 Å². The van der Waals surface area contributed by atoms with Crippen LogP contribution in [0.5, 0.6) is 5.75 Å². The summed E-state index contributed by atoms with van der Waals surface area (Å²) in [6.07, 6.45) is 2.07. The molecule has 1 saturated heterocycles. The highest BCUT2D eigenvalue weighted by molar-refractivity contribution is 7.80. The smallest absolute Gasteiger partial charge is 0.226 e. The number of anilines is 1. The second-order valence-corrected chi connectivity index (χ2v) is 11.1. The molecule has 8 heteroatoms. The predicted octanol–water partition coefficient (Wildman–Crippen LogP) is 6.42. The number of carbonyl (C=O) groups excluding carboxylic acids is 1. The van der Waals surface area contributed by atoms with E-state index in [1.807, 2.05) is 48.7 Å². The van der Waals surface area contributed by atoms with Crippen molar-refractivity contribution in [3.8, 4) is 11.4 Å². The summed E-state index contributed by atoms with van der Waals surface area (Å²) in [5.74, 6) is 0.523. The summed E-state index contributed by atoms with van der Waals surface area (Å²) in [5, 5.41) is 7.12. The number of amides is 1. The molecule has 0 spiro atoms. The molecule has 0 radical (unpaired) electrons. The molecular formula is C33H37N5O2S. The zero-order chi connectivity index (χ0) is 29.3. The van der Waals surface area contributed by atoms with Crippen molar-refractivity contribution in [1.82, 2.24) is 19.8 Å². The van der Waals surface area contributed by atoms with E-state index in [4.69, 9.17) is 17.0 Å². The Kier molecular flexibility index (Phi) is 8.13. The first-order valence-electron chi connectivity index (χ1n) is 13.9. The van der Waals surface area contributed by atoms with Gasteiger partial charge in [-0.1, -0.05) is 35.9 Å². The first kappa shape index (κ1) is 28.4. The minimum Gasteiger partial charge on any atom is -0.495 e. The maximum atomic E-state index is 13.1. The molecule has 41 heavy (non-hydrogen) atoms. The lowest BCUT2D eigenvalue weighted by Gasteiger charge is -2.28. The van der Waals surface area contributed by atoms with E-state index in [0.29, 0.717) is 23.1 Å². The number of rotatable bonds is 8. The fourth-order valence-electron chi connectivity index (χ4n) is 6.12. The van der Waals surface area contributed by atoms with E-state index >= 15 is 0 Å². The summed E-state index contributed by atoms with van der Waals surface area (Å²) in [4.78, 5) is 19.9. The average Bonchev–Trinajstić information content (AvgIpc) is 3.42. The summed E-state index contributed by atoms with van der Waals surface area (Å²) in [7, 11) is 1.59. The molecule has 2 aromatic heterocycles. The molecule has 2 atom stereocenters. The van der Waals surface area contributed by atoms with Gasteiger partial charge in [0.1, 0.15) is 5.75 Å². The highest BCUT2D eigenvalue weighted by atomic mass is 32.1. The Labute approximate surface area is 247 Å². The van der Waals surface area contributed by atoms with Crippen molar-refractivity contribution in [2.45, 2.75) is 53.1 Å². The van der Waals surface area contributed by atoms with E-state index in [9.17, 15) is 4.79 Å². The standard InChI is InChI=1S/C33H37N5O2S/c1-20-17-21(2)31(22(3)18-20)38-23(4)19-25(24(38)5)32-30(27-12-9-10-15-34-27)36-33(41)37(32)16-14-29(39)35-26-11-7-8-13-28(26)40-6/h7-13,15,17-19,30,32H,14,16H2,1-6H3,(H,35,39)(H,36,41)/t30-,32+/m0/s1. The number of ether oxygens (including phenoxy) is 1. The summed E-state index contributed by atoms with van der Waals surface area (Å²) >= 11 is 5.88. The van der Waals surface area contributed by atoms with Crippen LogP contribution in [0.25, 0.3) is 5.69 Å². The Morgan fingerprint density at radius 1 is 1.02 bits per heavy atom. The minimum atomic E-state index is -0.157. The van der Waals surface area contributed by atoms with Gasteiger partial charge in [0.05, 0.1) is 36.3 Å². The number of methoxy groups -OCH3 is 1. The predicted molar refractivity (Wildman–Crippen MR) is 168 cm³/mol. The Hall–Kier alpha value is -4.17. The van der Waals surface area contributed by atoms with Gasteiger partial charge in [0.25, 0.3) is 0 Å². The van der Waals surface area contributed by atoms with Crippen LogP contribution in [0.4, 0.5) is 5.69 Å². The SMILES string of the molecule is COc1ccccc1NC(=O)CCN1C(=S)N[C@@H](c2ccccn2)[C@H]1c1cc(C)n(-c2c(C)cc(C)cc2C)c1C. The fraction of sp³-hybridized carbons (Fsp3) is 0.303. The van der Waals surface area contributed by atoms with E-state index in [1.165, 1.54) is 22.4 Å². The largest absolute Gasteiger partial charge is 0.495 e. The zero-order valence-corrected chi connectivity index (χ0v) is 25.3. The molecule has 2 aromatic carbocycles. The molecule has 3 heterocycles. The Morgan fingerprint density at radius 3 is 2.41 bits per heavy atom. The lowest BCUT2D eigenvalue weighted by Crippen LogP contribution is -2.33. The molecule has 1 amide bonds. The molecule has 7 nitrogen and oxygen atoms in total. The summed E-state index contributed by atoms with van der Waals surface area (Å²) in [5.41, 5.74) is 9.97. The third-order valence-electron chi connectivity index (χ3n) is 7.81. The number of pyridine rings is 1. The molecule has 0 bridgehead atoms. The van der Waals surface area contributed by atoms with Gasteiger partial charge >= 0.3 is 0 Å². The summed E-state index contributed by atoms with van der Waals surface area (Å²) in [6, 6.07) is 19.8. The van der Waals surface area contributed by atoms with E-state index in [2.05, 4.69) is 77.9 Å². The number of hydrogen-bond donors (Lipinski definition) is 2. The van der Waals surface area contributed by atoms with Crippen LogP contribution >= 0.6 is 12.2 Å². The monoisotopic (exact) mass is 567 g/mol. The van der Waals surface area contributed by atoms with Crippen LogP contribution in [0.2, 0.25) is 0 Å². The van der Waals surface area contributed by atoms with Gasteiger partial charge in [0.2, 0.25) is 5.91 Å². The Bertz CT molecular complexity index is 1570. The molecule has 1 aliphatic heterocycles. The number of nitrogens with one attached hydrogen (secondary N) is 2. The number of nitrogens with zero attached hydrogens (tertiary/aromatic N) is 3. The van der Waals surface area contributed by atoms with Gasteiger partial charge in [-0.3, -0.25) is 9.78 Å². The Balaban J connectivity index is 1.50. The number of benzene rings is 2. The van der Waals surface area contributed by atoms with Crippen LogP contribution in [0.15, 0.2) is 66.9 Å². The lowest BCUT2D eigenvalue weighted by molar-refractivity contribution is -0.116. The van der Waals surface area contributed by atoms with Crippen molar-refractivity contribution >= 4 is 28.9 Å². The molecule has 0 saturated carbocycles. The van der Waals surface area contributed by atoms with Crippen molar-refractivity contribution in [2.75, 3.05) is 19.0 Å². The summed E-state index contributed by atoms with van der Waals surface area (Å²) in [6.45, 7) is 11.2. The number of aromatic nitrogens is 2. The van der Waals surface area contributed by atoms with Crippen molar-refractivity contribution in [3.63, 3.8) is 0 Å². The van der Waals surface area contributed by atoms with Crippen LogP contribution in [0.3, 0.4) is 0 Å². The average molecular weight is 568 g/mol. The highest BCUT2D eigenvalue weighted by Gasteiger charge is 2.41. The van der Waals surface area contributed by atoms with Crippen molar-refractivity contribution in [1.29, 1.82) is 0 Å². The molecule has 1 fully saturated rings. The minimum absolute atomic E-state index is 0.103. The molecule has 4 aromatic rings. The van der Waals surface area contributed by atoms with Gasteiger partial charge in [-0.15, -0.1) is 0 Å². The first-order chi connectivity index (χ1) is 19.7. The molecule has 1 aliphatic rings. The maximum absolute atomic E-state index is 13.1. The third kappa shape index (κ3) is 5.57. The van der Waals surface area contributed by atoms with Crippen molar-refractivity contribution < 1.29 is 9.53 Å². The Morgan fingerprint density at radius 2 is 1.73 bits per heavy atom. The van der Waals surface area contributed by atoms with E-state index in [1.54, 1.807) is 7.11 Å². The van der Waals surface area contributed by atoms with Gasteiger partial charge in [0.15, 0.2) is 5.11 Å². The van der Waals surface area contributed by atoms with Gasteiger partial charge in [0, 0.05) is 30.6 Å². The number of para-hydroxylation sites is 2. The molecule has 5 rings (SSSR count). The quantitative estimate of drug-likeness (QED) is 0.239. The van der Waals surface area contributed by atoms with E-state index in [-0.39, 0.29) is 24.4 Å². The van der Waals surface area contributed by atoms with Gasteiger partial charge in [-0.25, -0.2) is 0 Å². The molecule has 0 aliphatic carbocycles. The number of thiocarbonyl (C=S) groups is 1. The lowest BCUT2D eigenvalue weighted by atomic mass is 9.96. The van der Waals surface area contributed by atoms with Crippen LogP contribution < -0.4 is 15.4 Å². The maximum Gasteiger partial charge on any atom is 0.226 e. The van der Waals surface area contributed by atoms with Gasteiger partial charge in [-0.05, 0) is 93.9 Å². The highest BCUT2D eigenvalue weighted by Crippen LogP contribution is 2.42. The van der Waals surface area contributed by atoms with E-state index < -0.39 is 0 Å². The first-order valence-corrected chi connectivity index (χ1v) is 14.3. The topological polar surface area (TPSA) is 71.4 Å². The third-order valence-corrected chi connectivity index (χ3v) is 8.16. The number of aryl methyl sites for hydroxylation is 4. The van der Waals surface area contributed by atoms with Crippen molar-refractivity contribution in [3.05, 3.63) is 106 Å². The molecule has 2 N–H and O–H groups in total. The van der Waals surface area contributed by atoms with Gasteiger partial charge in [-0.2, -0.15) is 0 Å². The molecular weight excluding hydrogens is 530 g/mol. The molecule has 0 unspecified atom stereocenters. The second kappa shape index (κ2) is 11.7. The molecule has 212 valence electrons. The summed E-state index contributed by atoms with van der Waals surface area (Å²) < 4.78 is 7.75. The fourth-order valence-corrected chi connectivity index (χ4v) is 6.46. The van der Waals surface area contributed by atoms with E-state index in [0.717, 1.165) is 22.6 Å². The number of hydrogen-bond acceptors (Lipinski definition) is 4. The normalized spacial score (nSPS) is 16.5. The zero-order valence-electron chi connectivity index (χ0n) is 24.5. The van der Waals surface area contributed by atoms with Crippen LogP contribution in [-0.2, 0) is 4.79 Å². The van der Waals surface area contributed by atoms with Crippen LogP contribution in [0.1, 0.15) is 57.8 Å². The van der Waals surface area contributed by atoms with Crippen LogP contribution in [-0.4, -0.2) is 39.1 Å². The van der Waals surface area contributed by atoms with Crippen molar-refractivity contribution in [2.24, 2.45) is 0 Å².